The highest BCUT2D eigenvalue weighted by Gasteiger charge is 2.06. The van der Waals surface area contributed by atoms with E-state index in [9.17, 15) is 5.11 Å². The molecule has 0 aliphatic heterocycles. The highest BCUT2D eigenvalue weighted by Crippen LogP contribution is 2.28. The van der Waals surface area contributed by atoms with Crippen molar-refractivity contribution in [1.29, 1.82) is 0 Å². The number of benzene rings is 11. The molecule has 0 bridgehead atoms. The van der Waals surface area contributed by atoms with Crippen molar-refractivity contribution in [3.8, 4) is 34.5 Å². The third kappa shape index (κ3) is 20.8. The van der Waals surface area contributed by atoms with Crippen molar-refractivity contribution in [2.24, 2.45) is 0 Å². The normalized spacial score (nSPS) is 12.0. The van der Waals surface area contributed by atoms with E-state index in [2.05, 4.69) is 273 Å². The monoisotopic (exact) mass is 1310 g/mol. The molecule has 0 aliphatic carbocycles. The lowest BCUT2D eigenvalue weighted by atomic mass is 9.99. The average molecular weight is 1310 g/mol. The quantitative estimate of drug-likeness (QED) is 0.0514. The van der Waals surface area contributed by atoms with Gasteiger partial charge in [0, 0.05) is 0 Å². The van der Waals surface area contributed by atoms with Gasteiger partial charge in [0.05, 0.1) is 49.3 Å². The van der Waals surface area contributed by atoms with Gasteiger partial charge in [-0.25, -0.2) is 0 Å². The van der Waals surface area contributed by atoms with Crippen molar-refractivity contribution in [2.45, 2.75) is 6.61 Å². The lowest BCUT2D eigenvalue weighted by Gasteiger charge is -2.06. The van der Waals surface area contributed by atoms with Crippen LogP contribution in [-0.2, 0) is 6.61 Å². The number of hydrogen-bond acceptors (Lipinski definition) is 7. The molecule has 7 heteroatoms. The van der Waals surface area contributed by atoms with Gasteiger partial charge in [-0.15, -0.1) is 0 Å². The van der Waals surface area contributed by atoms with E-state index >= 15 is 0 Å². The third-order valence-electron chi connectivity index (χ3n) is 16.6. The predicted molar refractivity (Wildman–Crippen MR) is 425 cm³/mol. The summed E-state index contributed by atoms with van der Waals surface area (Å²) in [6, 6.07) is 80.9. The maximum atomic E-state index is 10.7. The molecule has 11 aromatic carbocycles. The molecular weight excluding hydrogens is 1230 g/mol. The van der Waals surface area contributed by atoms with Crippen molar-refractivity contribution < 1.29 is 33.5 Å². The Balaban J connectivity index is 0.905. The minimum Gasteiger partial charge on any atom is -0.497 e. The van der Waals surface area contributed by atoms with Gasteiger partial charge in [-0.05, 0) is 281 Å². The van der Waals surface area contributed by atoms with E-state index in [1.165, 1.54) is 0 Å². The van der Waals surface area contributed by atoms with Crippen molar-refractivity contribution in [3.63, 3.8) is 0 Å². The first-order valence-electron chi connectivity index (χ1n) is 33.0. The molecule has 0 heterocycles. The van der Waals surface area contributed by atoms with E-state index in [4.69, 9.17) is 28.4 Å². The van der Waals surface area contributed by atoms with Crippen LogP contribution < -0.4 is 28.4 Å². The third-order valence-corrected chi connectivity index (χ3v) is 16.6. The van der Waals surface area contributed by atoms with Gasteiger partial charge in [-0.3, -0.25) is 0 Å². The Bertz CT molecular complexity index is 4410. The number of aliphatic hydroxyl groups is 1. The molecule has 0 radical (unpaired) electrons. The Morgan fingerprint density at radius 1 is 0.170 bits per heavy atom. The van der Waals surface area contributed by atoms with Crippen LogP contribution in [0, 0.1) is 0 Å². The second-order valence-electron chi connectivity index (χ2n) is 23.9. The number of hydrogen-bond donors (Lipinski definition) is 1. The van der Waals surface area contributed by atoms with Gasteiger partial charge >= 0.3 is 0 Å². The predicted octanol–water partition coefficient (Wildman–Crippen LogP) is 22.9. The van der Waals surface area contributed by atoms with E-state index in [1.54, 1.807) is 42.7 Å². The van der Waals surface area contributed by atoms with Gasteiger partial charge in [-0.1, -0.05) is 194 Å². The standard InChI is InChI=1S/C93H80O7/c1-95-88-39-27-67(28-40-88)7-13-73-51-74(14-8-68-29-41-89(96-2)42-30-68)54-79(53-73)19-21-81-57-77(17-11-71-35-47-92(99-5)48-36-71)59-83(61-81)23-25-85-63-86(65-87(64-85)66-94)26-24-84-60-78(18-12-72-37-49-93(100-6)50-38-72)58-82(62-84)22-20-80-55-75(15-9-69-31-43-90(97-3)44-32-69)52-76(56-80)16-10-70-33-45-91(98-4)46-34-70/h7-65,94H,66H2,1-6H3/b13-7+,14-8+,15-9+,16-10+,17-11+,18-12+,21-19+,22-20+,25-23+,26-24+. The summed E-state index contributed by atoms with van der Waals surface area (Å²) in [4.78, 5) is 0. The van der Waals surface area contributed by atoms with Gasteiger partial charge in [0.1, 0.15) is 34.5 Å². The van der Waals surface area contributed by atoms with Crippen LogP contribution in [0.15, 0.2) is 237 Å². The van der Waals surface area contributed by atoms with Gasteiger partial charge < -0.3 is 33.5 Å². The largest absolute Gasteiger partial charge is 0.497 e. The summed E-state index contributed by atoms with van der Waals surface area (Å²) in [7, 11) is 10.1. The van der Waals surface area contributed by atoms with E-state index in [-0.39, 0.29) is 6.61 Å². The Hall–Kier alpha value is -12.4. The average Bonchev–Trinajstić information content (AvgIpc) is 0.862. The van der Waals surface area contributed by atoms with Crippen molar-refractivity contribution in [2.75, 3.05) is 42.7 Å². The van der Waals surface area contributed by atoms with E-state index < -0.39 is 0 Å². The number of ether oxygens (including phenoxy) is 6. The summed E-state index contributed by atoms with van der Waals surface area (Å²) in [5, 5.41) is 10.7. The van der Waals surface area contributed by atoms with Gasteiger partial charge in [0.2, 0.25) is 0 Å². The Morgan fingerprint density at radius 3 is 0.390 bits per heavy atom. The minimum atomic E-state index is -0.112. The zero-order valence-corrected chi connectivity index (χ0v) is 57.2. The zero-order valence-electron chi connectivity index (χ0n) is 57.2. The van der Waals surface area contributed by atoms with Crippen molar-refractivity contribution >= 4 is 122 Å². The second kappa shape index (κ2) is 35.0. The SMILES string of the molecule is COc1ccc(/C=C/c2cc(/C=C/c3ccc(OC)cc3)cc(/C=C/c3cc(/C=C/c4ccc(OC)cc4)cc(/C=C/c4cc(/C=C/c5cc(/C=C/c6ccc(OC)cc6)cc(/C=C/c6cc(/C=C/c7ccc(OC)cc7)cc(/C=C/c7ccc(OC)cc7)c6)c5)cc(CO)c4)c3)c2)cc1. The molecule has 0 amide bonds. The summed E-state index contributed by atoms with van der Waals surface area (Å²) in [6.07, 6.45) is 42.8. The zero-order chi connectivity index (χ0) is 69.3. The molecule has 494 valence electrons. The fourth-order valence-corrected chi connectivity index (χ4v) is 11.2. The summed E-state index contributed by atoms with van der Waals surface area (Å²) in [5.74, 6) is 4.88. The lowest BCUT2D eigenvalue weighted by Crippen LogP contribution is -1.87. The molecule has 0 spiro atoms. The number of methoxy groups -OCH3 is 6. The van der Waals surface area contributed by atoms with Crippen LogP contribution in [-0.4, -0.2) is 47.8 Å². The number of rotatable bonds is 27. The molecule has 0 aromatic heterocycles. The first kappa shape index (κ1) is 68.9. The van der Waals surface area contributed by atoms with Crippen LogP contribution in [0.5, 0.6) is 34.5 Å². The summed E-state index contributed by atoms with van der Waals surface area (Å²) >= 11 is 0. The fourth-order valence-electron chi connectivity index (χ4n) is 11.2. The number of aliphatic hydroxyl groups excluding tert-OH is 1. The Labute approximate surface area is 588 Å². The summed E-state index contributed by atoms with van der Waals surface area (Å²) in [5.41, 5.74) is 21.6. The smallest absolute Gasteiger partial charge is 0.118 e. The molecule has 7 nitrogen and oxygen atoms in total. The molecule has 0 unspecified atom stereocenters. The molecule has 1 N–H and O–H groups in total. The van der Waals surface area contributed by atoms with Crippen LogP contribution in [0.1, 0.15) is 117 Å². The Morgan fingerprint density at radius 2 is 0.280 bits per heavy atom. The van der Waals surface area contributed by atoms with Gasteiger partial charge in [-0.2, -0.15) is 0 Å². The Kier molecular flexibility index (Phi) is 24.1. The van der Waals surface area contributed by atoms with Crippen molar-refractivity contribution in [3.05, 3.63) is 353 Å². The molecule has 0 aliphatic rings. The molecule has 0 saturated heterocycles. The van der Waals surface area contributed by atoms with E-state index in [1.807, 2.05) is 84.9 Å². The van der Waals surface area contributed by atoms with Crippen molar-refractivity contribution in [1.82, 2.24) is 0 Å². The molecular formula is C93H80O7. The first-order chi connectivity index (χ1) is 49.0. The van der Waals surface area contributed by atoms with Crippen LogP contribution in [0.2, 0.25) is 0 Å². The molecule has 11 aromatic rings. The second-order valence-corrected chi connectivity index (χ2v) is 23.9. The van der Waals surface area contributed by atoms with Crippen LogP contribution in [0.25, 0.3) is 122 Å². The highest BCUT2D eigenvalue weighted by molar-refractivity contribution is 5.85. The fraction of sp³-hybridized carbons (Fsp3) is 0.0753. The topological polar surface area (TPSA) is 75.6 Å². The van der Waals surface area contributed by atoms with E-state index in [0.29, 0.717) is 0 Å². The maximum absolute atomic E-state index is 10.7. The summed E-state index contributed by atoms with van der Waals surface area (Å²) in [6.45, 7) is -0.112. The van der Waals surface area contributed by atoms with Crippen LogP contribution >= 0.6 is 0 Å². The van der Waals surface area contributed by atoms with Gasteiger partial charge in [0.15, 0.2) is 0 Å². The highest BCUT2D eigenvalue weighted by atomic mass is 16.5. The lowest BCUT2D eigenvalue weighted by molar-refractivity contribution is 0.282. The minimum absolute atomic E-state index is 0.112. The molecule has 0 atom stereocenters. The summed E-state index contributed by atoms with van der Waals surface area (Å²) < 4.78 is 32.6. The molecule has 0 fully saturated rings. The maximum Gasteiger partial charge on any atom is 0.118 e. The van der Waals surface area contributed by atoms with Crippen LogP contribution in [0.4, 0.5) is 0 Å². The molecule has 0 saturated carbocycles. The van der Waals surface area contributed by atoms with Gasteiger partial charge in [0.25, 0.3) is 0 Å². The molecule has 11 rings (SSSR count). The van der Waals surface area contributed by atoms with E-state index in [0.717, 1.165) is 151 Å². The first-order valence-corrected chi connectivity index (χ1v) is 33.0. The van der Waals surface area contributed by atoms with Crippen LogP contribution in [0.3, 0.4) is 0 Å². The molecule has 100 heavy (non-hydrogen) atoms.